The van der Waals surface area contributed by atoms with Crippen LogP contribution in [0, 0.1) is 13.8 Å². The number of thioether (sulfide) groups is 1. The molecular weight excluding hydrogens is 537 g/mol. The summed E-state index contributed by atoms with van der Waals surface area (Å²) in [5.41, 5.74) is 6.05. The van der Waals surface area contributed by atoms with Gasteiger partial charge in [-0.2, -0.15) is 0 Å². The fourth-order valence-corrected chi connectivity index (χ4v) is 7.22. The number of fused-ring (bicyclic) bond motifs is 3. The van der Waals surface area contributed by atoms with Crippen molar-refractivity contribution in [3.05, 3.63) is 116 Å². The number of nitrogens with one attached hydrogen (secondary N) is 1. The highest BCUT2D eigenvalue weighted by Gasteiger charge is 2.26. The maximum atomic E-state index is 14.1. The van der Waals surface area contributed by atoms with Crippen LogP contribution in [-0.4, -0.2) is 32.7 Å². The van der Waals surface area contributed by atoms with Crippen molar-refractivity contribution >= 4 is 44.9 Å². The van der Waals surface area contributed by atoms with E-state index in [1.54, 1.807) is 15.9 Å². The Balaban J connectivity index is 1.33. The molecule has 0 unspecified atom stereocenters. The van der Waals surface area contributed by atoms with Crippen LogP contribution in [0.2, 0.25) is 0 Å². The maximum absolute atomic E-state index is 14.1. The second-order valence-electron chi connectivity index (χ2n) is 10.2. The Morgan fingerprint density at radius 3 is 2.58 bits per heavy atom. The van der Waals surface area contributed by atoms with Gasteiger partial charge in [-0.1, -0.05) is 71.9 Å². The minimum atomic E-state index is -0.138. The fraction of sp³-hybridized carbons (Fsp3) is 0.219. The SMILES string of the molecule is Cc1ccc(NC(=O)CSc2nc3sc4c(c3c(=O)n2-c2cccc(C)c2)CCN(Cc2ccccc2)C4)cc1. The third-order valence-electron chi connectivity index (χ3n) is 7.10. The van der Waals surface area contributed by atoms with E-state index in [1.165, 1.54) is 22.2 Å². The molecule has 0 aliphatic carbocycles. The molecule has 3 heterocycles. The van der Waals surface area contributed by atoms with E-state index >= 15 is 0 Å². The second-order valence-corrected chi connectivity index (χ2v) is 12.2. The number of carbonyl (C=O) groups excluding carboxylic acids is 1. The highest BCUT2D eigenvalue weighted by Crippen LogP contribution is 2.35. The molecule has 1 N–H and O–H groups in total. The van der Waals surface area contributed by atoms with Crippen LogP contribution in [-0.2, 0) is 24.3 Å². The van der Waals surface area contributed by atoms with Gasteiger partial charge >= 0.3 is 0 Å². The molecule has 3 aromatic carbocycles. The quantitative estimate of drug-likeness (QED) is 0.184. The van der Waals surface area contributed by atoms with E-state index in [4.69, 9.17) is 4.98 Å². The molecule has 6 rings (SSSR count). The van der Waals surface area contributed by atoms with Gasteiger partial charge in [0.25, 0.3) is 5.56 Å². The molecule has 0 radical (unpaired) electrons. The number of thiophene rings is 1. The van der Waals surface area contributed by atoms with Crippen molar-refractivity contribution < 1.29 is 4.79 Å². The monoisotopic (exact) mass is 566 g/mol. The summed E-state index contributed by atoms with van der Waals surface area (Å²) in [6.45, 7) is 6.60. The molecule has 0 fully saturated rings. The van der Waals surface area contributed by atoms with Crippen LogP contribution in [0.1, 0.15) is 27.1 Å². The Hall–Kier alpha value is -3.72. The minimum absolute atomic E-state index is 0.0638. The van der Waals surface area contributed by atoms with Crippen LogP contribution >= 0.6 is 23.1 Å². The third-order valence-corrected chi connectivity index (χ3v) is 9.15. The predicted octanol–water partition coefficient (Wildman–Crippen LogP) is 6.35. The Morgan fingerprint density at radius 1 is 1.00 bits per heavy atom. The number of benzene rings is 3. The summed E-state index contributed by atoms with van der Waals surface area (Å²) >= 11 is 2.90. The molecule has 5 aromatic rings. The summed E-state index contributed by atoms with van der Waals surface area (Å²) in [7, 11) is 0. The molecule has 8 heteroatoms. The lowest BCUT2D eigenvalue weighted by Gasteiger charge is -2.26. The van der Waals surface area contributed by atoms with E-state index in [0.717, 1.165) is 59.0 Å². The molecule has 0 bridgehead atoms. The molecule has 1 aliphatic heterocycles. The molecule has 1 aliphatic rings. The maximum Gasteiger partial charge on any atom is 0.267 e. The van der Waals surface area contributed by atoms with Gasteiger partial charge in [-0.25, -0.2) is 4.98 Å². The highest BCUT2D eigenvalue weighted by molar-refractivity contribution is 7.99. The first-order valence-electron chi connectivity index (χ1n) is 13.3. The Bertz CT molecular complexity index is 1740. The van der Waals surface area contributed by atoms with E-state index in [9.17, 15) is 9.59 Å². The Morgan fingerprint density at radius 2 is 1.80 bits per heavy atom. The average Bonchev–Trinajstić information content (AvgIpc) is 3.31. The number of carbonyl (C=O) groups is 1. The molecule has 202 valence electrons. The van der Waals surface area contributed by atoms with Gasteiger partial charge in [-0.3, -0.25) is 19.1 Å². The third kappa shape index (κ3) is 5.61. The van der Waals surface area contributed by atoms with Gasteiger partial charge in [0, 0.05) is 30.2 Å². The standard InChI is InChI=1S/C32H30N4O2S2/c1-21-11-13-24(14-12-21)33-28(37)20-39-32-34-30-29(31(38)36(32)25-10-6-7-22(2)17-25)26-15-16-35(19-27(26)40-30)18-23-8-4-3-5-9-23/h3-14,17H,15-16,18-20H2,1-2H3,(H,33,37). The van der Waals surface area contributed by atoms with Gasteiger partial charge in [0.1, 0.15) is 4.83 Å². The van der Waals surface area contributed by atoms with Crippen molar-refractivity contribution in [2.45, 2.75) is 38.5 Å². The molecule has 0 spiro atoms. The van der Waals surface area contributed by atoms with Gasteiger partial charge in [0.05, 0.1) is 16.8 Å². The first-order valence-corrected chi connectivity index (χ1v) is 15.1. The molecule has 0 atom stereocenters. The summed E-state index contributed by atoms with van der Waals surface area (Å²) < 4.78 is 1.68. The fourth-order valence-electron chi connectivity index (χ4n) is 5.11. The van der Waals surface area contributed by atoms with Crippen LogP contribution in [0.5, 0.6) is 0 Å². The number of aryl methyl sites for hydroxylation is 2. The number of anilines is 1. The summed E-state index contributed by atoms with van der Waals surface area (Å²) in [6, 6.07) is 26.1. The second kappa shape index (κ2) is 11.4. The van der Waals surface area contributed by atoms with Crippen molar-refractivity contribution in [2.24, 2.45) is 0 Å². The van der Waals surface area contributed by atoms with Gasteiger partial charge in [-0.15, -0.1) is 11.3 Å². The van der Waals surface area contributed by atoms with E-state index in [1.807, 2.05) is 68.4 Å². The minimum Gasteiger partial charge on any atom is -0.325 e. The summed E-state index contributed by atoms with van der Waals surface area (Å²) in [6.07, 6.45) is 0.818. The zero-order chi connectivity index (χ0) is 27.6. The largest absolute Gasteiger partial charge is 0.325 e. The van der Waals surface area contributed by atoms with Crippen molar-refractivity contribution in [3.63, 3.8) is 0 Å². The molecule has 0 saturated heterocycles. The van der Waals surface area contributed by atoms with Gasteiger partial charge < -0.3 is 5.32 Å². The first kappa shape index (κ1) is 26.5. The van der Waals surface area contributed by atoms with Crippen molar-refractivity contribution in [3.8, 4) is 5.69 Å². The number of aromatic nitrogens is 2. The smallest absolute Gasteiger partial charge is 0.267 e. The molecule has 1 amide bonds. The first-order chi connectivity index (χ1) is 19.4. The Labute approximate surface area is 241 Å². The van der Waals surface area contributed by atoms with Crippen LogP contribution in [0.3, 0.4) is 0 Å². The zero-order valence-corrected chi connectivity index (χ0v) is 24.1. The molecule has 2 aromatic heterocycles. The Kier molecular flexibility index (Phi) is 7.56. The summed E-state index contributed by atoms with van der Waals surface area (Å²) in [4.78, 5) is 36.3. The summed E-state index contributed by atoms with van der Waals surface area (Å²) in [5.74, 6) is 0.00847. The lowest BCUT2D eigenvalue weighted by atomic mass is 10.0. The summed E-state index contributed by atoms with van der Waals surface area (Å²) in [5, 5.41) is 4.19. The van der Waals surface area contributed by atoms with Crippen LogP contribution in [0.15, 0.2) is 88.8 Å². The molecule has 0 saturated carbocycles. The average molecular weight is 567 g/mol. The van der Waals surface area contributed by atoms with Crippen molar-refractivity contribution in [2.75, 3.05) is 17.6 Å². The molecular formula is C32H30N4O2S2. The van der Waals surface area contributed by atoms with E-state index in [-0.39, 0.29) is 17.2 Å². The number of hydrogen-bond donors (Lipinski definition) is 1. The van der Waals surface area contributed by atoms with Gasteiger partial charge in [0.15, 0.2) is 5.16 Å². The topological polar surface area (TPSA) is 67.2 Å². The van der Waals surface area contributed by atoms with E-state index in [2.05, 4.69) is 34.5 Å². The normalized spacial score (nSPS) is 13.3. The lowest BCUT2D eigenvalue weighted by molar-refractivity contribution is -0.113. The van der Waals surface area contributed by atoms with Gasteiger partial charge in [0.2, 0.25) is 5.91 Å². The molecule has 40 heavy (non-hydrogen) atoms. The van der Waals surface area contributed by atoms with Crippen LogP contribution in [0.25, 0.3) is 15.9 Å². The van der Waals surface area contributed by atoms with E-state index in [0.29, 0.717) is 10.5 Å². The number of amides is 1. The molecule has 6 nitrogen and oxygen atoms in total. The zero-order valence-electron chi connectivity index (χ0n) is 22.5. The number of nitrogens with zero attached hydrogens (tertiary/aromatic N) is 3. The highest BCUT2D eigenvalue weighted by atomic mass is 32.2. The number of rotatable bonds is 7. The number of hydrogen-bond acceptors (Lipinski definition) is 6. The van der Waals surface area contributed by atoms with Crippen molar-refractivity contribution in [1.29, 1.82) is 0 Å². The van der Waals surface area contributed by atoms with E-state index < -0.39 is 0 Å². The lowest BCUT2D eigenvalue weighted by Crippen LogP contribution is -2.30. The van der Waals surface area contributed by atoms with Gasteiger partial charge in [-0.05, 0) is 61.2 Å². The van der Waals surface area contributed by atoms with Crippen LogP contribution < -0.4 is 10.9 Å². The van der Waals surface area contributed by atoms with Crippen molar-refractivity contribution in [1.82, 2.24) is 14.5 Å². The van der Waals surface area contributed by atoms with Crippen LogP contribution in [0.4, 0.5) is 5.69 Å². The predicted molar refractivity (Wildman–Crippen MR) is 165 cm³/mol.